The molecule has 2 amide bonds. The topological polar surface area (TPSA) is 67.4 Å². The normalized spacial score (nSPS) is 10.3. The first-order chi connectivity index (χ1) is 11.1. The first-order valence-electron chi connectivity index (χ1n) is 6.77. The number of carbonyl (C=O) groups is 2. The maximum atomic E-state index is 11.9. The van der Waals surface area contributed by atoms with Crippen LogP contribution in [0.2, 0.25) is 5.02 Å². The van der Waals surface area contributed by atoms with Crippen molar-refractivity contribution in [3.63, 3.8) is 0 Å². The zero-order valence-electron chi connectivity index (χ0n) is 12.4. The number of carbonyl (C=O) groups excluding carboxylic acids is 2. The van der Waals surface area contributed by atoms with E-state index in [4.69, 9.17) is 16.3 Å². The van der Waals surface area contributed by atoms with E-state index >= 15 is 0 Å². The molecule has 0 aliphatic heterocycles. The van der Waals surface area contributed by atoms with Gasteiger partial charge in [0.2, 0.25) is 0 Å². The zero-order valence-corrected chi connectivity index (χ0v) is 13.1. The number of nitrogens with one attached hydrogen (secondary N) is 2. The molecule has 0 atom stereocenters. The summed E-state index contributed by atoms with van der Waals surface area (Å²) >= 11 is 5.90. The smallest absolute Gasteiger partial charge is 0.271 e. The average Bonchev–Trinajstić information content (AvgIpc) is 2.58. The summed E-state index contributed by atoms with van der Waals surface area (Å²) in [6.07, 6.45) is 2.94. The van der Waals surface area contributed by atoms with E-state index < -0.39 is 11.8 Å². The molecule has 0 spiro atoms. The minimum atomic E-state index is -0.484. The number of rotatable bonds is 4. The van der Waals surface area contributed by atoms with Gasteiger partial charge in [0.05, 0.1) is 17.7 Å². The van der Waals surface area contributed by atoms with E-state index in [0.717, 1.165) is 11.3 Å². The largest absolute Gasteiger partial charge is 0.497 e. The van der Waals surface area contributed by atoms with Gasteiger partial charge in [0.1, 0.15) is 5.75 Å². The van der Waals surface area contributed by atoms with E-state index in [1.54, 1.807) is 49.6 Å². The van der Waals surface area contributed by atoms with Crippen LogP contribution in [0.25, 0.3) is 6.08 Å². The predicted molar refractivity (Wildman–Crippen MR) is 89.1 cm³/mol. The highest BCUT2D eigenvalue weighted by Crippen LogP contribution is 2.14. The van der Waals surface area contributed by atoms with Crippen LogP contribution < -0.4 is 15.6 Å². The number of benzene rings is 2. The number of hydrogen-bond acceptors (Lipinski definition) is 3. The monoisotopic (exact) mass is 330 g/mol. The third kappa shape index (κ3) is 4.86. The van der Waals surface area contributed by atoms with Gasteiger partial charge in [-0.05, 0) is 35.9 Å². The molecule has 2 aromatic rings. The van der Waals surface area contributed by atoms with Crippen molar-refractivity contribution in [3.05, 3.63) is 70.8 Å². The Labute approximate surface area is 138 Å². The van der Waals surface area contributed by atoms with Gasteiger partial charge < -0.3 is 4.74 Å². The maximum absolute atomic E-state index is 11.9. The van der Waals surface area contributed by atoms with Crippen molar-refractivity contribution in [1.29, 1.82) is 0 Å². The number of hydrogen-bond donors (Lipinski definition) is 2. The van der Waals surface area contributed by atoms with Gasteiger partial charge in [0, 0.05) is 6.08 Å². The standard InChI is InChI=1S/C17H15ClN2O3/c1-23-13-9-6-12(7-10-13)8-11-16(21)19-20-17(22)14-4-2-3-5-15(14)18/h2-11H,1H3,(H,19,21)(H,20,22). The number of amides is 2. The minimum absolute atomic E-state index is 0.286. The molecule has 6 heteroatoms. The summed E-state index contributed by atoms with van der Waals surface area (Å²) in [6.45, 7) is 0. The number of hydrazine groups is 1. The minimum Gasteiger partial charge on any atom is -0.497 e. The summed E-state index contributed by atoms with van der Waals surface area (Å²) in [6, 6.07) is 13.8. The summed E-state index contributed by atoms with van der Waals surface area (Å²) in [7, 11) is 1.58. The molecule has 0 saturated carbocycles. The molecule has 2 rings (SSSR count). The van der Waals surface area contributed by atoms with Crippen LogP contribution in [0.5, 0.6) is 5.75 Å². The van der Waals surface area contributed by atoms with E-state index in [0.29, 0.717) is 5.02 Å². The lowest BCUT2D eigenvalue weighted by atomic mass is 10.2. The van der Waals surface area contributed by atoms with Crippen molar-refractivity contribution < 1.29 is 14.3 Å². The van der Waals surface area contributed by atoms with Crippen LogP contribution in [-0.4, -0.2) is 18.9 Å². The van der Waals surface area contributed by atoms with Crippen LogP contribution in [0.3, 0.4) is 0 Å². The predicted octanol–water partition coefficient (Wildman–Crippen LogP) is 2.82. The number of ether oxygens (including phenoxy) is 1. The van der Waals surface area contributed by atoms with E-state index in [1.165, 1.54) is 6.08 Å². The van der Waals surface area contributed by atoms with Gasteiger partial charge in [-0.25, -0.2) is 0 Å². The Kier molecular flexibility index (Phi) is 5.77. The fourth-order valence-corrected chi connectivity index (χ4v) is 1.98. The molecule has 0 heterocycles. The van der Waals surface area contributed by atoms with Crippen LogP contribution in [0.15, 0.2) is 54.6 Å². The van der Waals surface area contributed by atoms with Crippen molar-refractivity contribution in [1.82, 2.24) is 10.9 Å². The Hall–Kier alpha value is -2.79. The molecule has 0 unspecified atom stereocenters. The molecule has 0 aliphatic carbocycles. The second-order valence-electron chi connectivity index (χ2n) is 4.53. The molecule has 0 radical (unpaired) electrons. The van der Waals surface area contributed by atoms with Gasteiger partial charge in [-0.15, -0.1) is 0 Å². The third-order valence-electron chi connectivity index (χ3n) is 2.96. The van der Waals surface area contributed by atoms with E-state index in [2.05, 4.69) is 10.9 Å². The van der Waals surface area contributed by atoms with E-state index in [9.17, 15) is 9.59 Å². The van der Waals surface area contributed by atoms with Crippen LogP contribution in [0, 0.1) is 0 Å². The second kappa shape index (κ2) is 8.00. The first-order valence-corrected chi connectivity index (χ1v) is 7.15. The lowest BCUT2D eigenvalue weighted by Crippen LogP contribution is -2.40. The van der Waals surface area contributed by atoms with Gasteiger partial charge >= 0.3 is 0 Å². The summed E-state index contributed by atoms with van der Waals surface area (Å²) in [4.78, 5) is 23.6. The Morgan fingerprint density at radius 2 is 1.74 bits per heavy atom. The van der Waals surface area contributed by atoms with Crippen molar-refractivity contribution in [2.45, 2.75) is 0 Å². The second-order valence-corrected chi connectivity index (χ2v) is 4.94. The molecule has 5 nitrogen and oxygen atoms in total. The Morgan fingerprint density at radius 1 is 1.04 bits per heavy atom. The number of methoxy groups -OCH3 is 1. The molecule has 0 saturated heterocycles. The molecule has 2 aromatic carbocycles. The Bertz CT molecular complexity index is 727. The highest BCUT2D eigenvalue weighted by molar-refractivity contribution is 6.33. The molecule has 0 aliphatic rings. The fourth-order valence-electron chi connectivity index (χ4n) is 1.76. The van der Waals surface area contributed by atoms with Gasteiger partial charge in [-0.2, -0.15) is 0 Å². The Morgan fingerprint density at radius 3 is 2.39 bits per heavy atom. The summed E-state index contributed by atoms with van der Waals surface area (Å²) in [5.41, 5.74) is 5.71. The highest BCUT2D eigenvalue weighted by Gasteiger charge is 2.09. The van der Waals surface area contributed by atoms with Gasteiger partial charge in [0.25, 0.3) is 11.8 Å². The van der Waals surface area contributed by atoms with Crippen molar-refractivity contribution >= 4 is 29.5 Å². The van der Waals surface area contributed by atoms with Crippen molar-refractivity contribution in [3.8, 4) is 5.75 Å². The fraction of sp³-hybridized carbons (Fsp3) is 0.0588. The summed E-state index contributed by atoms with van der Waals surface area (Å²) in [5.74, 6) is -0.207. The van der Waals surface area contributed by atoms with E-state index in [1.807, 2.05) is 12.1 Å². The lowest BCUT2D eigenvalue weighted by molar-refractivity contribution is -0.117. The lowest BCUT2D eigenvalue weighted by Gasteiger charge is -2.06. The summed E-state index contributed by atoms with van der Waals surface area (Å²) in [5, 5.41) is 0.313. The SMILES string of the molecule is COc1ccc(C=CC(=O)NNC(=O)c2ccccc2Cl)cc1. The molecular weight excluding hydrogens is 316 g/mol. The van der Waals surface area contributed by atoms with Crippen molar-refractivity contribution in [2.24, 2.45) is 0 Å². The molecule has 23 heavy (non-hydrogen) atoms. The van der Waals surface area contributed by atoms with Crippen LogP contribution in [0.4, 0.5) is 0 Å². The van der Waals surface area contributed by atoms with Crippen LogP contribution >= 0.6 is 11.6 Å². The van der Waals surface area contributed by atoms with Crippen LogP contribution in [-0.2, 0) is 4.79 Å². The van der Waals surface area contributed by atoms with Gasteiger partial charge in [-0.3, -0.25) is 20.4 Å². The molecular formula is C17H15ClN2O3. The summed E-state index contributed by atoms with van der Waals surface area (Å²) < 4.78 is 5.05. The molecule has 0 fully saturated rings. The van der Waals surface area contributed by atoms with Gasteiger partial charge in [0.15, 0.2) is 0 Å². The molecule has 0 aromatic heterocycles. The number of halogens is 1. The molecule has 118 valence electrons. The first kappa shape index (κ1) is 16.6. The van der Waals surface area contributed by atoms with Crippen molar-refractivity contribution in [2.75, 3.05) is 7.11 Å². The van der Waals surface area contributed by atoms with E-state index in [-0.39, 0.29) is 5.56 Å². The zero-order chi connectivity index (χ0) is 16.7. The average molecular weight is 331 g/mol. The van der Waals surface area contributed by atoms with Crippen LogP contribution in [0.1, 0.15) is 15.9 Å². The highest BCUT2D eigenvalue weighted by atomic mass is 35.5. The quantitative estimate of drug-likeness (QED) is 0.669. The Balaban J connectivity index is 1.88. The van der Waals surface area contributed by atoms with Gasteiger partial charge in [-0.1, -0.05) is 35.9 Å². The third-order valence-corrected chi connectivity index (χ3v) is 3.29. The molecule has 0 bridgehead atoms. The maximum Gasteiger partial charge on any atom is 0.271 e. The molecule has 2 N–H and O–H groups in total.